The Hall–Kier alpha value is -1.03. The monoisotopic (exact) mass is 243 g/mol. The van der Waals surface area contributed by atoms with E-state index >= 15 is 0 Å². The van der Waals surface area contributed by atoms with E-state index in [0.717, 1.165) is 11.1 Å². The van der Waals surface area contributed by atoms with Crippen LogP contribution in [0.5, 0.6) is 0 Å². The van der Waals surface area contributed by atoms with E-state index in [-0.39, 0.29) is 6.42 Å². The van der Waals surface area contributed by atoms with Crippen LogP contribution in [-0.2, 0) is 6.54 Å². The van der Waals surface area contributed by atoms with Gasteiger partial charge in [-0.05, 0) is 31.9 Å². The van der Waals surface area contributed by atoms with Gasteiger partial charge in [-0.2, -0.15) is 13.2 Å². The fraction of sp³-hybridized carbons (Fsp3) is 0.538. The summed E-state index contributed by atoms with van der Waals surface area (Å²) in [6.07, 6.45) is -3.23. The predicted octanol–water partition coefficient (Wildman–Crippen LogP) is 3.52. The van der Waals surface area contributed by atoms with Crippen LogP contribution in [0.3, 0.4) is 0 Å². The summed E-state index contributed by atoms with van der Waals surface area (Å²) in [5.41, 5.74) is 2.08. The maximum absolute atomic E-state index is 12.7. The van der Waals surface area contributed by atoms with Gasteiger partial charge >= 0.3 is 6.18 Å². The molecular weight excluding hydrogens is 227 g/mol. The van der Waals surface area contributed by atoms with Gasteiger partial charge in [0.05, 0.1) is 0 Å². The highest BCUT2D eigenvalue weighted by Gasteiger charge is 2.45. The predicted molar refractivity (Wildman–Crippen MR) is 60.7 cm³/mol. The number of hydrogen-bond donors (Lipinski definition) is 0. The first-order chi connectivity index (χ1) is 7.97. The first kappa shape index (κ1) is 12.4. The zero-order valence-electron chi connectivity index (χ0n) is 9.80. The molecule has 1 aliphatic rings. The molecule has 1 atom stereocenters. The first-order valence-corrected chi connectivity index (χ1v) is 5.83. The highest BCUT2D eigenvalue weighted by atomic mass is 19.4. The van der Waals surface area contributed by atoms with Crippen LogP contribution in [0.25, 0.3) is 0 Å². The molecule has 0 amide bonds. The third kappa shape index (κ3) is 3.00. The number of alkyl halides is 3. The molecule has 1 aromatic carbocycles. The van der Waals surface area contributed by atoms with Gasteiger partial charge in [-0.15, -0.1) is 0 Å². The van der Waals surface area contributed by atoms with E-state index in [1.807, 2.05) is 31.2 Å². The third-order valence-electron chi connectivity index (χ3n) is 3.25. The fourth-order valence-corrected chi connectivity index (χ4v) is 2.31. The van der Waals surface area contributed by atoms with Crippen molar-refractivity contribution in [3.63, 3.8) is 0 Å². The van der Waals surface area contributed by atoms with Crippen molar-refractivity contribution in [2.24, 2.45) is 0 Å². The molecular formula is C13H16F3N. The standard InChI is InChI=1S/C13H16F3N/c1-10-4-6-11(7-5-10)9-17-8-2-3-12(17)13(14,15)16/h4-7,12H,2-3,8-9H2,1H3. The van der Waals surface area contributed by atoms with E-state index < -0.39 is 12.2 Å². The van der Waals surface area contributed by atoms with Crippen molar-refractivity contribution in [2.45, 2.75) is 38.5 Å². The number of hydrogen-bond acceptors (Lipinski definition) is 1. The zero-order chi connectivity index (χ0) is 12.5. The van der Waals surface area contributed by atoms with Crippen molar-refractivity contribution in [1.29, 1.82) is 0 Å². The van der Waals surface area contributed by atoms with Gasteiger partial charge in [0.2, 0.25) is 0 Å². The molecule has 0 radical (unpaired) electrons. The molecule has 0 aliphatic carbocycles. The highest BCUT2D eigenvalue weighted by molar-refractivity contribution is 5.21. The van der Waals surface area contributed by atoms with Crippen molar-refractivity contribution < 1.29 is 13.2 Å². The Bertz CT molecular complexity index is 369. The lowest BCUT2D eigenvalue weighted by Gasteiger charge is -2.26. The van der Waals surface area contributed by atoms with E-state index in [1.165, 1.54) is 4.90 Å². The quantitative estimate of drug-likeness (QED) is 0.768. The Labute approximate surface area is 99.2 Å². The van der Waals surface area contributed by atoms with Gasteiger partial charge in [-0.1, -0.05) is 29.8 Å². The number of halogens is 3. The van der Waals surface area contributed by atoms with Crippen LogP contribution in [0.4, 0.5) is 13.2 Å². The van der Waals surface area contributed by atoms with Crippen molar-refractivity contribution in [3.05, 3.63) is 35.4 Å². The summed E-state index contributed by atoms with van der Waals surface area (Å²) < 4.78 is 38.2. The number of benzene rings is 1. The second-order valence-electron chi connectivity index (χ2n) is 4.66. The van der Waals surface area contributed by atoms with Gasteiger partial charge in [0, 0.05) is 6.54 Å². The van der Waals surface area contributed by atoms with E-state index in [2.05, 4.69) is 0 Å². The molecule has 0 aromatic heterocycles. The first-order valence-electron chi connectivity index (χ1n) is 5.83. The summed E-state index contributed by atoms with van der Waals surface area (Å²) >= 11 is 0. The molecule has 0 bridgehead atoms. The van der Waals surface area contributed by atoms with Crippen LogP contribution in [-0.4, -0.2) is 23.7 Å². The maximum Gasteiger partial charge on any atom is 0.404 e. The van der Waals surface area contributed by atoms with Crippen LogP contribution >= 0.6 is 0 Å². The van der Waals surface area contributed by atoms with Crippen LogP contribution in [0.2, 0.25) is 0 Å². The lowest BCUT2D eigenvalue weighted by Crippen LogP contribution is -2.40. The smallest absolute Gasteiger partial charge is 0.288 e. The molecule has 2 rings (SSSR count). The Balaban J connectivity index is 2.05. The highest BCUT2D eigenvalue weighted by Crippen LogP contribution is 2.33. The number of likely N-dealkylation sites (tertiary alicyclic amines) is 1. The van der Waals surface area contributed by atoms with Gasteiger partial charge in [0.25, 0.3) is 0 Å². The maximum atomic E-state index is 12.7. The number of rotatable bonds is 2. The molecule has 17 heavy (non-hydrogen) atoms. The second-order valence-corrected chi connectivity index (χ2v) is 4.66. The van der Waals surface area contributed by atoms with Gasteiger partial charge in [0.15, 0.2) is 0 Å². The molecule has 4 heteroatoms. The third-order valence-corrected chi connectivity index (χ3v) is 3.25. The van der Waals surface area contributed by atoms with Crippen LogP contribution in [0, 0.1) is 6.92 Å². The van der Waals surface area contributed by atoms with Crippen molar-refractivity contribution in [3.8, 4) is 0 Å². The molecule has 1 saturated heterocycles. The Kier molecular flexibility index (Phi) is 3.43. The minimum atomic E-state index is -4.10. The average Bonchev–Trinajstić information content (AvgIpc) is 2.69. The van der Waals surface area contributed by atoms with E-state index in [0.29, 0.717) is 19.5 Å². The lowest BCUT2D eigenvalue weighted by molar-refractivity contribution is -0.177. The summed E-state index contributed by atoms with van der Waals surface area (Å²) in [7, 11) is 0. The summed E-state index contributed by atoms with van der Waals surface area (Å²) in [6.45, 7) is 2.90. The SMILES string of the molecule is Cc1ccc(CN2CCCC2C(F)(F)F)cc1. The molecule has 1 heterocycles. The van der Waals surface area contributed by atoms with Crippen molar-refractivity contribution in [2.75, 3.05) is 6.54 Å². The average molecular weight is 243 g/mol. The Morgan fingerprint density at radius 2 is 1.88 bits per heavy atom. The van der Waals surface area contributed by atoms with E-state index in [9.17, 15) is 13.2 Å². The van der Waals surface area contributed by atoms with Gasteiger partial charge in [0.1, 0.15) is 6.04 Å². The molecule has 1 unspecified atom stereocenters. The molecule has 0 saturated carbocycles. The molecule has 1 aromatic rings. The largest absolute Gasteiger partial charge is 0.404 e. The molecule has 1 fully saturated rings. The minimum absolute atomic E-state index is 0.232. The van der Waals surface area contributed by atoms with E-state index in [1.54, 1.807) is 0 Å². The van der Waals surface area contributed by atoms with Crippen LogP contribution in [0.1, 0.15) is 24.0 Å². The molecule has 0 spiro atoms. The van der Waals surface area contributed by atoms with Crippen molar-refractivity contribution >= 4 is 0 Å². The van der Waals surface area contributed by atoms with Crippen LogP contribution in [0.15, 0.2) is 24.3 Å². The van der Waals surface area contributed by atoms with Crippen molar-refractivity contribution in [1.82, 2.24) is 4.90 Å². The molecule has 1 aliphatic heterocycles. The van der Waals surface area contributed by atoms with Gasteiger partial charge in [-0.25, -0.2) is 0 Å². The van der Waals surface area contributed by atoms with Gasteiger partial charge < -0.3 is 0 Å². The number of nitrogens with zero attached hydrogens (tertiary/aromatic N) is 1. The molecule has 0 N–H and O–H groups in total. The van der Waals surface area contributed by atoms with Crippen LogP contribution < -0.4 is 0 Å². The Morgan fingerprint density at radius 3 is 2.47 bits per heavy atom. The zero-order valence-corrected chi connectivity index (χ0v) is 9.80. The number of aryl methyl sites for hydroxylation is 1. The minimum Gasteiger partial charge on any atom is -0.288 e. The summed E-state index contributed by atoms with van der Waals surface area (Å²) in [4.78, 5) is 1.53. The summed E-state index contributed by atoms with van der Waals surface area (Å²) in [6, 6.07) is 6.42. The summed E-state index contributed by atoms with van der Waals surface area (Å²) in [5.74, 6) is 0. The normalized spacial score (nSPS) is 22.0. The summed E-state index contributed by atoms with van der Waals surface area (Å²) in [5, 5.41) is 0. The molecule has 1 nitrogen and oxygen atoms in total. The second kappa shape index (κ2) is 4.69. The lowest BCUT2D eigenvalue weighted by atomic mass is 10.1. The van der Waals surface area contributed by atoms with Gasteiger partial charge in [-0.3, -0.25) is 4.90 Å². The molecule has 94 valence electrons. The Morgan fingerprint density at radius 1 is 1.24 bits per heavy atom. The van der Waals surface area contributed by atoms with E-state index in [4.69, 9.17) is 0 Å². The topological polar surface area (TPSA) is 3.24 Å². The fourth-order valence-electron chi connectivity index (χ4n) is 2.31.